The van der Waals surface area contributed by atoms with Crippen molar-refractivity contribution >= 4 is 17.7 Å². The number of hydrogen-bond donors (Lipinski definition) is 0. The molecule has 2 aromatic carbocycles. The fraction of sp³-hybridized carbons (Fsp3) is 0.364. The fourth-order valence-corrected chi connectivity index (χ4v) is 2.93. The summed E-state index contributed by atoms with van der Waals surface area (Å²) < 4.78 is 45.2. The van der Waals surface area contributed by atoms with E-state index < -0.39 is 17.8 Å². The number of aliphatic imine (C=N–C) groups is 1. The van der Waals surface area contributed by atoms with Gasteiger partial charge < -0.3 is 14.5 Å². The predicted molar refractivity (Wildman–Crippen MR) is 111 cm³/mol. The maximum Gasteiger partial charge on any atom is 0.416 e. The van der Waals surface area contributed by atoms with E-state index in [0.717, 1.165) is 35.5 Å². The molecule has 0 saturated carbocycles. The molecule has 1 heterocycles. The Morgan fingerprint density at radius 3 is 2.70 bits per heavy atom. The van der Waals surface area contributed by atoms with Crippen LogP contribution in [0.4, 0.5) is 18.9 Å². The Kier molecular flexibility index (Phi) is 6.34. The van der Waals surface area contributed by atoms with Crippen molar-refractivity contribution in [3.63, 3.8) is 0 Å². The number of alkyl halides is 3. The quantitative estimate of drug-likeness (QED) is 0.483. The Bertz CT molecular complexity index is 971. The van der Waals surface area contributed by atoms with E-state index in [2.05, 4.69) is 10.1 Å². The lowest BCUT2D eigenvalue weighted by Gasteiger charge is -2.18. The van der Waals surface area contributed by atoms with E-state index in [4.69, 9.17) is 9.57 Å². The van der Waals surface area contributed by atoms with Crippen LogP contribution in [0.5, 0.6) is 5.75 Å². The van der Waals surface area contributed by atoms with Crippen LogP contribution in [0.15, 0.2) is 46.5 Å². The van der Waals surface area contributed by atoms with Crippen LogP contribution in [-0.4, -0.2) is 43.3 Å². The summed E-state index contributed by atoms with van der Waals surface area (Å²) in [6.07, 6.45) is -3.26. The van der Waals surface area contributed by atoms with E-state index in [-0.39, 0.29) is 6.61 Å². The summed E-state index contributed by atoms with van der Waals surface area (Å²) >= 11 is 0. The molecule has 0 N–H and O–H groups in total. The molecule has 160 valence electrons. The van der Waals surface area contributed by atoms with E-state index in [1.165, 1.54) is 6.07 Å². The minimum Gasteiger partial charge on any atom is -0.480 e. The molecule has 5 nitrogen and oxygen atoms in total. The highest BCUT2D eigenvalue weighted by Gasteiger charge is 2.33. The molecule has 1 unspecified atom stereocenters. The van der Waals surface area contributed by atoms with Crippen LogP contribution in [0.2, 0.25) is 0 Å². The summed E-state index contributed by atoms with van der Waals surface area (Å²) in [4.78, 5) is 11.6. The van der Waals surface area contributed by atoms with Crippen molar-refractivity contribution in [1.29, 1.82) is 0 Å². The maximum atomic E-state index is 13.1. The van der Waals surface area contributed by atoms with E-state index in [9.17, 15) is 13.2 Å². The Labute approximate surface area is 173 Å². The normalized spacial score (nSPS) is 16.5. The minimum atomic E-state index is -4.43. The zero-order valence-electron chi connectivity index (χ0n) is 17.3. The molecule has 0 aromatic heterocycles. The summed E-state index contributed by atoms with van der Waals surface area (Å²) in [7, 11) is 1.94. The summed E-state index contributed by atoms with van der Waals surface area (Å²) in [5.74, 6) is 0.616. The molecule has 0 radical (unpaired) electrons. The molecule has 2 aromatic rings. The number of aryl methyl sites for hydroxylation is 2. The first-order valence-corrected chi connectivity index (χ1v) is 9.59. The summed E-state index contributed by atoms with van der Waals surface area (Å²) in [5, 5.41) is 3.93. The van der Waals surface area contributed by atoms with Crippen molar-refractivity contribution in [1.82, 2.24) is 4.90 Å². The number of nitrogens with zero attached hydrogens (tertiary/aromatic N) is 3. The number of halogens is 3. The number of rotatable bonds is 6. The van der Waals surface area contributed by atoms with Crippen molar-refractivity contribution in [2.24, 2.45) is 10.1 Å². The first kappa shape index (κ1) is 21.7. The lowest BCUT2D eigenvalue weighted by molar-refractivity contribution is -0.137. The third kappa shape index (κ3) is 4.93. The van der Waals surface area contributed by atoms with Gasteiger partial charge in [0.2, 0.25) is 0 Å². The van der Waals surface area contributed by atoms with Crippen LogP contribution in [0.3, 0.4) is 0 Å². The Hall–Kier alpha value is -3.03. The summed E-state index contributed by atoms with van der Waals surface area (Å²) in [5.41, 5.74) is 2.54. The van der Waals surface area contributed by atoms with Gasteiger partial charge in [-0.1, -0.05) is 17.3 Å². The predicted octanol–water partition coefficient (Wildman–Crippen LogP) is 5.12. The molecule has 0 spiro atoms. The van der Waals surface area contributed by atoms with Crippen molar-refractivity contribution in [2.45, 2.75) is 33.1 Å². The monoisotopic (exact) mass is 419 g/mol. The molecular formula is C22H24F3N3O2. The van der Waals surface area contributed by atoms with E-state index in [1.807, 2.05) is 44.9 Å². The van der Waals surface area contributed by atoms with E-state index in [0.29, 0.717) is 17.0 Å². The van der Waals surface area contributed by atoms with Crippen LogP contribution >= 0.6 is 0 Å². The molecular weight excluding hydrogens is 395 g/mol. The number of ether oxygens (including phenoxy) is 1. The topological polar surface area (TPSA) is 46.4 Å². The number of oxime groups is 1. The third-order valence-corrected chi connectivity index (χ3v) is 4.83. The second-order valence-corrected chi connectivity index (χ2v) is 7.18. The lowest BCUT2D eigenvalue weighted by atomic mass is 10.0. The van der Waals surface area contributed by atoms with Crippen molar-refractivity contribution in [2.75, 3.05) is 20.2 Å². The average Bonchev–Trinajstić information content (AvgIpc) is 3.16. The zero-order chi connectivity index (χ0) is 21.9. The van der Waals surface area contributed by atoms with Gasteiger partial charge in [-0.3, -0.25) is 0 Å². The highest BCUT2D eigenvalue weighted by molar-refractivity contribution is 6.04. The van der Waals surface area contributed by atoms with E-state index in [1.54, 1.807) is 12.4 Å². The van der Waals surface area contributed by atoms with Gasteiger partial charge in [0.25, 0.3) is 0 Å². The smallest absolute Gasteiger partial charge is 0.416 e. The van der Waals surface area contributed by atoms with Gasteiger partial charge in [0.15, 0.2) is 12.7 Å². The number of hydrogen-bond acceptors (Lipinski definition) is 4. The van der Waals surface area contributed by atoms with Gasteiger partial charge in [-0.05, 0) is 56.2 Å². The summed E-state index contributed by atoms with van der Waals surface area (Å²) in [6.45, 7) is 6.84. The van der Waals surface area contributed by atoms with Crippen LogP contribution in [-0.2, 0) is 11.0 Å². The fourth-order valence-electron chi connectivity index (χ4n) is 2.93. The van der Waals surface area contributed by atoms with Crippen LogP contribution in [0.1, 0.15) is 29.2 Å². The first-order valence-electron chi connectivity index (χ1n) is 9.59. The molecule has 1 aliphatic heterocycles. The summed E-state index contributed by atoms with van der Waals surface area (Å²) in [6, 6.07) is 8.80. The Balaban J connectivity index is 1.82. The van der Waals surface area contributed by atoms with Gasteiger partial charge in [-0.2, -0.15) is 13.2 Å². The molecule has 1 aliphatic rings. The van der Waals surface area contributed by atoms with Crippen LogP contribution < -0.4 is 4.74 Å². The third-order valence-electron chi connectivity index (χ3n) is 4.83. The second kappa shape index (κ2) is 8.77. The molecule has 0 bridgehead atoms. The van der Waals surface area contributed by atoms with Crippen molar-refractivity contribution < 1.29 is 22.7 Å². The average molecular weight is 419 g/mol. The molecule has 0 fully saturated rings. The SMILES string of the molecule is CCN(C)C=Nc1cc(C)c(OC2CON=C2c2cccc(C(F)(F)F)c2)cc1C. The maximum absolute atomic E-state index is 13.1. The molecule has 1 atom stereocenters. The minimum absolute atomic E-state index is 0.130. The van der Waals surface area contributed by atoms with Crippen LogP contribution in [0.25, 0.3) is 0 Å². The zero-order valence-corrected chi connectivity index (χ0v) is 17.3. The van der Waals surface area contributed by atoms with Gasteiger partial charge in [0.1, 0.15) is 11.5 Å². The van der Waals surface area contributed by atoms with Gasteiger partial charge >= 0.3 is 6.18 Å². The van der Waals surface area contributed by atoms with Crippen molar-refractivity contribution in [3.8, 4) is 5.75 Å². The Morgan fingerprint density at radius 1 is 1.23 bits per heavy atom. The van der Waals surface area contributed by atoms with Crippen LogP contribution in [0, 0.1) is 13.8 Å². The van der Waals surface area contributed by atoms with Gasteiger partial charge in [0.05, 0.1) is 17.6 Å². The molecule has 3 rings (SSSR count). The molecule has 8 heteroatoms. The van der Waals surface area contributed by atoms with Crippen molar-refractivity contribution in [3.05, 3.63) is 58.7 Å². The molecule has 0 amide bonds. The molecule has 30 heavy (non-hydrogen) atoms. The first-order chi connectivity index (χ1) is 14.2. The number of benzene rings is 2. The largest absolute Gasteiger partial charge is 0.480 e. The standard InChI is InChI=1S/C22H24F3N3O2/c1-5-28(4)13-26-18-9-15(3)19(10-14(18)2)30-20-12-29-27-21(20)16-7-6-8-17(11-16)22(23,24)25/h6-11,13,20H,5,12H2,1-4H3. The van der Waals surface area contributed by atoms with E-state index >= 15 is 0 Å². The molecule has 0 aliphatic carbocycles. The molecule has 0 saturated heterocycles. The van der Waals surface area contributed by atoms with Gasteiger partial charge in [-0.15, -0.1) is 0 Å². The Morgan fingerprint density at radius 2 is 2.00 bits per heavy atom. The lowest BCUT2D eigenvalue weighted by Crippen LogP contribution is -2.28. The highest BCUT2D eigenvalue weighted by atomic mass is 19.4. The highest BCUT2D eigenvalue weighted by Crippen LogP contribution is 2.32. The van der Waals surface area contributed by atoms with Gasteiger partial charge in [0, 0.05) is 19.2 Å². The van der Waals surface area contributed by atoms with Gasteiger partial charge in [-0.25, -0.2) is 4.99 Å². The second-order valence-electron chi connectivity index (χ2n) is 7.18.